The average molecular weight is 409 g/mol. The predicted octanol–water partition coefficient (Wildman–Crippen LogP) is 4.35. The summed E-state index contributed by atoms with van der Waals surface area (Å²) >= 11 is 4.71. The fourth-order valence-corrected chi connectivity index (χ4v) is 3.87. The number of hydrogen-bond acceptors (Lipinski definition) is 3. The lowest BCUT2D eigenvalue weighted by Crippen LogP contribution is -2.34. The van der Waals surface area contributed by atoms with Crippen molar-refractivity contribution in [1.29, 1.82) is 0 Å². The van der Waals surface area contributed by atoms with Gasteiger partial charge in [-0.3, -0.25) is 9.59 Å². The van der Waals surface area contributed by atoms with Crippen molar-refractivity contribution >= 4 is 44.8 Å². The van der Waals surface area contributed by atoms with Crippen LogP contribution in [0.15, 0.2) is 34.1 Å². The Hall–Kier alpha value is -1.66. The molecule has 2 amide bonds. The predicted molar refractivity (Wildman–Crippen MR) is 103 cm³/mol. The van der Waals surface area contributed by atoms with E-state index >= 15 is 0 Å². The first kappa shape index (κ1) is 18.7. The summed E-state index contributed by atoms with van der Waals surface area (Å²) in [6.07, 6.45) is 1.70. The first-order chi connectivity index (χ1) is 11.5. The summed E-state index contributed by atoms with van der Waals surface area (Å²) < 4.78 is 0.896. The van der Waals surface area contributed by atoms with Gasteiger partial charge in [-0.25, -0.2) is 0 Å². The Morgan fingerprint density at radius 1 is 1.12 bits per heavy atom. The maximum Gasteiger partial charge on any atom is 0.264 e. The molecule has 0 radical (unpaired) electrons. The molecule has 0 saturated heterocycles. The standard InChI is InChI=1S/C18H21BrN2O2S/c1-4-12-7-6-8-13(5-2)17(12)20-16(22)11-21(3)18(23)14-9-10-15(19)24-14/h6-10H,4-5,11H2,1-3H3,(H,20,22). The zero-order valence-electron chi connectivity index (χ0n) is 14.1. The van der Waals surface area contributed by atoms with E-state index in [-0.39, 0.29) is 18.4 Å². The summed E-state index contributed by atoms with van der Waals surface area (Å²) in [4.78, 5) is 26.8. The lowest BCUT2D eigenvalue weighted by molar-refractivity contribution is -0.116. The zero-order valence-corrected chi connectivity index (χ0v) is 16.5. The Morgan fingerprint density at radius 2 is 1.75 bits per heavy atom. The highest BCUT2D eigenvalue weighted by Crippen LogP contribution is 2.24. The van der Waals surface area contributed by atoms with Crippen LogP contribution in [-0.4, -0.2) is 30.3 Å². The number of carbonyl (C=O) groups is 2. The monoisotopic (exact) mass is 408 g/mol. The van der Waals surface area contributed by atoms with Crippen molar-refractivity contribution in [2.45, 2.75) is 26.7 Å². The Bertz CT molecular complexity index is 720. The highest BCUT2D eigenvalue weighted by atomic mass is 79.9. The van der Waals surface area contributed by atoms with E-state index in [0.29, 0.717) is 4.88 Å². The number of halogens is 1. The van der Waals surface area contributed by atoms with Crippen LogP contribution in [0.25, 0.3) is 0 Å². The van der Waals surface area contributed by atoms with Crippen molar-refractivity contribution in [3.8, 4) is 0 Å². The van der Waals surface area contributed by atoms with Crippen LogP contribution in [0.5, 0.6) is 0 Å². The van der Waals surface area contributed by atoms with Crippen LogP contribution in [0, 0.1) is 0 Å². The van der Waals surface area contributed by atoms with Crippen molar-refractivity contribution in [1.82, 2.24) is 4.90 Å². The number of carbonyl (C=O) groups excluding carboxylic acids is 2. The van der Waals surface area contributed by atoms with E-state index < -0.39 is 0 Å². The van der Waals surface area contributed by atoms with Gasteiger partial charge in [-0.05, 0) is 52.0 Å². The van der Waals surface area contributed by atoms with Gasteiger partial charge in [-0.15, -0.1) is 11.3 Å². The number of likely N-dealkylation sites (N-methyl/N-ethyl adjacent to an activating group) is 1. The maximum atomic E-state index is 12.4. The van der Waals surface area contributed by atoms with Crippen LogP contribution < -0.4 is 5.32 Å². The van der Waals surface area contributed by atoms with Gasteiger partial charge in [0.05, 0.1) is 15.2 Å². The molecule has 4 nitrogen and oxygen atoms in total. The summed E-state index contributed by atoms with van der Waals surface area (Å²) in [5, 5.41) is 2.98. The zero-order chi connectivity index (χ0) is 17.7. The molecule has 0 atom stereocenters. The molecule has 1 aromatic carbocycles. The van der Waals surface area contributed by atoms with Gasteiger partial charge in [0, 0.05) is 12.7 Å². The number of nitrogens with one attached hydrogen (secondary N) is 1. The molecule has 0 unspecified atom stereocenters. The number of anilines is 1. The van der Waals surface area contributed by atoms with Gasteiger partial charge >= 0.3 is 0 Å². The van der Waals surface area contributed by atoms with E-state index in [4.69, 9.17) is 0 Å². The van der Waals surface area contributed by atoms with Gasteiger partial charge in [-0.1, -0.05) is 32.0 Å². The fraction of sp³-hybridized carbons (Fsp3) is 0.333. The van der Waals surface area contributed by atoms with Gasteiger partial charge < -0.3 is 10.2 Å². The summed E-state index contributed by atoms with van der Waals surface area (Å²) in [6, 6.07) is 9.64. The molecule has 0 aliphatic rings. The molecule has 0 bridgehead atoms. The average Bonchev–Trinajstić information content (AvgIpc) is 3.00. The van der Waals surface area contributed by atoms with Crippen LogP contribution in [0.1, 0.15) is 34.6 Å². The number of hydrogen-bond donors (Lipinski definition) is 1. The van der Waals surface area contributed by atoms with E-state index in [1.165, 1.54) is 16.2 Å². The van der Waals surface area contributed by atoms with Crippen molar-refractivity contribution in [2.75, 3.05) is 18.9 Å². The van der Waals surface area contributed by atoms with Crippen LogP contribution in [0.2, 0.25) is 0 Å². The summed E-state index contributed by atoms with van der Waals surface area (Å²) in [5.41, 5.74) is 3.10. The van der Waals surface area contributed by atoms with Crippen LogP contribution in [0.4, 0.5) is 5.69 Å². The van der Waals surface area contributed by atoms with Crippen molar-refractivity contribution < 1.29 is 9.59 Å². The Balaban J connectivity index is 2.07. The molecule has 1 N–H and O–H groups in total. The van der Waals surface area contributed by atoms with E-state index in [1.807, 2.05) is 24.3 Å². The molecule has 2 aromatic rings. The SMILES string of the molecule is CCc1cccc(CC)c1NC(=O)CN(C)C(=O)c1ccc(Br)s1. The van der Waals surface area contributed by atoms with Gasteiger partial charge in [0.15, 0.2) is 0 Å². The number of benzene rings is 1. The molecule has 6 heteroatoms. The van der Waals surface area contributed by atoms with Gasteiger partial charge in [0.1, 0.15) is 0 Å². The number of aryl methyl sites for hydroxylation is 2. The number of rotatable bonds is 6. The number of para-hydroxylation sites is 1. The Kier molecular flexibility index (Phi) is 6.57. The summed E-state index contributed by atoms with van der Waals surface area (Å²) in [6.45, 7) is 4.15. The van der Waals surface area contributed by atoms with Crippen molar-refractivity contribution in [3.63, 3.8) is 0 Å². The fourth-order valence-electron chi connectivity index (χ4n) is 2.49. The van der Waals surface area contributed by atoms with E-state index in [0.717, 1.165) is 33.4 Å². The molecular weight excluding hydrogens is 388 g/mol. The highest BCUT2D eigenvalue weighted by Gasteiger charge is 2.18. The second-order valence-corrected chi connectivity index (χ2v) is 7.93. The Morgan fingerprint density at radius 3 is 2.25 bits per heavy atom. The number of nitrogens with zero attached hydrogens (tertiary/aromatic N) is 1. The van der Waals surface area contributed by atoms with E-state index in [1.54, 1.807) is 13.1 Å². The quantitative estimate of drug-likeness (QED) is 0.772. The second kappa shape index (κ2) is 8.44. The smallest absolute Gasteiger partial charge is 0.264 e. The van der Waals surface area contributed by atoms with Gasteiger partial charge in [0.2, 0.25) is 5.91 Å². The minimum Gasteiger partial charge on any atom is -0.332 e. The summed E-state index contributed by atoms with van der Waals surface area (Å²) in [7, 11) is 1.64. The second-order valence-electron chi connectivity index (χ2n) is 5.47. The van der Waals surface area contributed by atoms with Crippen LogP contribution in [-0.2, 0) is 17.6 Å². The molecule has 0 aliphatic heterocycles. The molecule has 0 saturated carbocycles. The molecule has 24 heavy (non-hydrogen) atoms. The minimum atomic E-state index is -0.183. The molecular formula is C18H21BrN2O2S. The van der Waals surface area contributed by atoms with Crippen molar-refractivity contribution in [2.24, 2.45) is 0 Å². The first-order valence-electron chi connectivity index (χ1n) is 7.87. The first-order valence-corrected chi connectivity index (χ1v) is 9.48. The minimum absolute atomic E-state index is 0.0234. The third-order valence-corrected chi connectivity index (χ3v) is 5.39. The molecule has 128 valence electrons. The summed E-state index contributed by atoms with van der Waals surface area (Å²) in [5.74, 6) is -0.336. The molecule has 1 aromatic heterocycles. The third-order valence-electron chi connectivity index (χ3n) is 3.77. The molecule has 2 rings (SSSR count). The molecule has 0 spiro atoms. The van der Waals surface area contributed by atoms with E-state index in [9.17, 15) is 9.59 Å². The van der Waals surface area contributed by atoms with Crippen molar-refractivity contribution in [3.05, 3.63) is 50.1 Å². The molecule has 0 aliphatic carbocycles. The number of amides is 2. The molecule has 1 heterocycles. The largest absolute Gasteiger partial charge is 0.332 e. The lowest BCUT2D eigenvalue weighted by atomic mass is 10.0. The Labute approximate surface area is 155 Å². The van der Waals surface area contributed by atoms with Gasteiger partial charge in [0.25, 0.3) is 5.91 Å². The van der Waals surface area contributed by atoms with Gasteiger partial charge in [-0.2, -0.15) is 0 Å². The topological polar surface area (TPSA) is 49.4 Å². The molecule has 0 fully saturated rings. The lowest BCUT2D eigenvalue weighted by Gasteiger charge is -2.18. The van der Waals surface area contributed by atoms with E-state index in [2.05, 4.69) is 35.1 Å². The number of thiophene rings is 1. The maximum absolute atomic E-state index is 12.4. The van der Waals surface area contributed by atoms with Crippen LogP contribution >= 0.6 is 27.3 Å². The highest BCUT2D eigenvalue weighted by molar-refractivity contribution is 9.11. The third kappa shape index (κ3) is 4.45. The normalized spacial score (nSPS) is 10.5. The van der Waals surface area contributed by atoms with Crippen LogP contribution in [0.3, 0.4) is 0 Å².